The van der Waals surface area contributed by atoms with Crippen LogP contribution in [-0.2, 0) is 9.59 Å². The number of halogens is 1. The van der Waals surface area contributed by atoms with Crippen molar-refractivity contribution in [2.24, 2.45) is 5.73 Å². The predicted octanol–water partition coefficient (Wildman–Crippen LogP) is 2.71. The molecule has 1 fully saturated rings. The molecule has 1 heterocycles. The maximum absolute atomic E-state index is 12.4. The second-order valence-corrected chi connectivity index (χ2v) is 6.55. The number of nitrogens with one attached hydrogen (secondary N) is 2. The molecule has 3 rings (SSSR count). The maximum Gasteiger partial charge on any atom is 0.248 e. The van der Waals surface area contributed by atoms with E-state index in [1.807, 2.05) is 0 Å². The number of hydrogen-bond donors (Lipinski definition) is 3. The largest absolute Gasteiger partial charge is 0.324 e. The highest BCUT2D eigenvalue weighted by molar-refractivity contribution is 5.99. The van der Waals surface area contributed by atoms with Crippen molar-refractivity contribution in [3.63, 3.8) is 0 Å². The number of amides is 2. The molecule has 4 N–H and O–H groups in total. The zero-order valence-electron chi connectivity index (χ0n) is 14.6. The van der Waals surface area contributed by atoms with Crippen molar-refractivity contribution in [1.29, 1.82) is 0 Å². The summed E-state index contributed by atoms with van der Waals surface area (Å²) in [7, 11) is 0. The van der Waals surface area contributed by atoms with Gasteiger partial charge in [-0.1, -0.05) is 18.9 Å². The van der Waals surface area contributed by atoms with Gasteiger partial charge in [0.15, 0.2) is 0 Å². The van der Waals surface area contributed by atoms with E-state index in [9.17, 15) is 9.59 Å². The quantitative estimate of drug-likeness (QED) is 0.745. The summed E-state index contributed by atoms with van der Waals surface area (Å²) in [5, 5.41) is 9.77. The van der Waals surface area contributed by atoms with Crippen molar-refractivity contribution in [3.8, 4) is 0 Å². The first-order chi connectivity index (χ1) is 12.0. The fourth-order valence-electron chi connectivity index (χ4n) is 3.04. The lowest BCUT2D eigenvalue weighted by Crippen LogP contribution is -2.48. The first-order valence-electron chi connectivity index (χ1n) is 8.48. The van der Waals surface area contributed by atoms with Crippen LogP contribution in [0.15, 0.2) is 42.7 Å². The highest BCUT2D eigenvalue weighted by atomic mass is 35.5. The number of rotatable bonds is 5. The fraction of sp³-hybridized carbons (Fsp3) is 0.389. The van der Waals surface area contributed by atoms with Crippen LogP contribution >= 0.6 is 12.4 Å². The summed E-state index contributed by atoms with van der Waals surface area (Å²) >= 11 is 0. The third kappa shape index (κ3) is 4.42. The van der Waals surface area contributed by atoms with Crippen LogP contribution in [0.3, 0.4) is 0 Å². The van der Waals surface area contributed by atoms with Gasteiger partial charge in [-0.3, -0.25) is 14.3 Å². The van der Waals surface area contributed by atoms with Gasteiger partial charge in [0.2, 0.25) is 11.8 Å². The zero-order valence-corrected chi connectivity index (χ0v) is 15.5. The molecule has 1 aliphatic carbocycles. The van der Waals surface area contributed by atoms with Crippen LogP contribution in [0.2, 0.25) is 0 Å². The first kappa shape index (κ1) is 19.9. The smallest absolute Gasteiger partial charge is 0.248 e. The molecular formula is C18H24ClN5O2. The average molecular weight is 378 g/mol. The standard InChI is InChI=1S/C18H23N5O2.ClH/c1-13(23-11-5-10-20-23)16(24)21-14-6-4-7-15(12-14)22-17(25)18(19)8-2-3-9-18;/h4-7,10-13H,2-3,8-9,19H2,1H3,(H,21,24)(H,22,25);1H. The minimum atomic E-state index is -0.784. The number of anilines is 2. The number of nitrogens with zero attached hydrogens (tertiary/aromatic N) is 2. The minimum absolute atomic E-state index is 0. The molecule has 2 aromatic rings. The lowest BCUT2D eigenvalue weighted by Gasteiger charge is -2.22. The van der Waals surface area contributed by atoms with Gasteiger partial charge in [-0.25, -0.2) is 0 Å². The molecule has 1 aliphatic rings. The molecule has 8 heteroatoms. The Morgan fingerprint density at radius 3 is 2.46 bits per heavy atom. The molecule has 2 amide bonds. The summed E-state index contributed by atoms with van der Waals surface area (Å²) in [6.45, 7) is 1.77. The summed E-state index contributed by atoms with van der Waals surface area (Å²) in [4.78, 5) is 24.7. The number of hydrogen-bond acceptors (Lipinski definition) is 4. The van der Waals surface area contributed by atoms with Crippen molar-refractivity contribution >= 4 is 35.6 Å². The van der Waals surface area contributed by atoms with Crippen LogP contribution in [0.1, 0.15) is 38.6 Å². The fourth-order valence-corrected chi connectivity index (χ4v) is 3.04. The number of aromatic nitrogens is 2. The Morgan fingerprint density at radius 2 is 1.85 bits per heavy atom. The van der Waals surface area contributed by atoms with Crippen LogP contribution < -0.4 is 16.4 Å². The molecule has 1 unspecified atom stereocenters. The van der Waals surface area contributed by atoms with Crippen molar-refractivity contribution < 1.29 is 9.59 Å². The molecule has 26 heavy (non-hydrogen) atoms. The van der Waals surface area contributed by atoms with Crippen LogP contribution in [0, 0.1) is 0 Å². The van der Waals surface area contributed by atoms with Gasteiger partial charge in [0.25, 0.3) is 0 Å². The van der Waals surface area contributed by atoms with Gasteiger partial charge in [0.05, 0.1) is 5.54 Å². The monoisotopic (exact) mass is 377 g/mol. The van der Waals surface area contributed by atoms with E-state index in [4.69, 9.17) is 5.73 Å². The van der Waals surface area contributed by atoms with Gasteiger partial charge in [-0.15, -0.1) is 12.4 Å². The first-order valence-corrected chi connectivity index (χ1v) is 8.48. The van der Waals surface area contributed by atoms with E-state index < -0.39 is 11.6 Å². The molecule has 0 saturated heterocycles. The van der Waals surface area contributed by atoms with Crippen LogP contribution in [0.5, 0.6) is 0 Å². The molecule has 0 aliphatic heterocycles. The van der Waals surface area contributed by atoms with E-state index in [1.54, 1.807) is 54.3 Å². The third-order valence-electron chi connectivity index (χ3n) is 4.64. The molecule has 1 aromatic carbocycles. The van der Waals surface area contributed by atoms with Gasteiger partial charge in [0, 0.05) is 23.8 Å². The Hall–Kier alpha value is -2.38. The minimum Gasteiger partial charge on any atom is -0.324 e. The average Bonchev–Trinajstić information content (AvgIpc) is 3.26. The molecule has 140 valence electrons. The van der Waals surface area contributed by atoms with Gasteiger partial charge < -0.3 is 16.4 Å². The Bertz CT molecular complexity index is 757. The highest BCUT2D eigenvalue weighted by Crippen LogP contribution is 2.28. The number of benzene rings is 1. The SMILES string of the molecule is CC(C(=O)Nc1cccc(NC(=O)C2(N)CCCC2)c1)n1cccn1.Cl. The number of nitrogens with two attached hydrogens (primary N) is 1. The van der Waals surface area contributed by atoms with E-state index in [1.165, 1.54) is 0 Å². The van der Waals surface area contributed by atoms with E-state index in [0.29, 0.717) is 24.2 Å². The molecule has 1 saturated carbocycles. The van der Waals surface area contributed by atoms with Gasteiger partial charge in [0.1, 0.15) is 6.04 Å². The summed E-state index contributed by atoms with van der Waals surface area (Å²) in [5.41, 5.74) is 6.62. The van der Waals surface area contributed by atoms with Crippen LogP contribution in [0.25, 0.3) is 0 Å². The highest BCUT2D eigenvalue weighted by Gasteiger charge is 2.36. The second-order valence-electron chi connectivity index (χ2n) is 6.55. The van der Waals surface area contributed by atoms with Crippen molar-refractivity contribution in [1.82, 2.24) is 9.78 Å². The van der Waals surface area contributed by atoms with Gasteiger partial charge >= 0.3 is 0 Å². The molecule has 1 atom stereocenters. The Morgan fingerprint density at radius 1 is 1.19 bits per heavy atom. The summed E-state index contributed by atoms with van der Waals surface area (Å²) < 4.78 is 1.58. The van der Waals surface area contributed by atoms with Crippen molar-refractivity contribution in [3.05, 3.63) is 42.7 Å². The molecular weight excluding hydrogens is 354 g/mol. The zero-order chi connectivity index (χ0) is 17.9. The van der Waals surface area contributed by atoms with E-state index in [2.05, 4.69) is 15.7 Å². The van der Waals surface area contributed by atoms with Crippen molar-refractivity contribution in [2.45, 2.75) is 44.2 Å². The van der Waals surface area contributed by atoms with Crippen LogP contribution in [0.4, 0.5) is 11.4 Å². The normalized spacial score (nSPS) is 16.4. The van der Waals surface area contributed by atoms with Gasteiger partial charge in [-0.2, -0.15) is 5.10 Å². The molecule has 0 spiro atoms. The van der Waals surface area contributed by atoms with Gasteiger partial charge in [-0.05, 0) is 44.0 Å². The van der Waals surface area contributed by atoms with E-state index in [0.717, 1.165) is 12.8 Å². The molecule has 0 radical (unpaired) electrons. The predicted molar refractivity (Wildman–Crippen MR) is 103 cm³/mol. The van der Waals surface area contributed by atoms with E-state index in [-0.39, 0.29) is 24.2 Å². The summed E-state index contributed by atoms with van der Waals surface area (Å²) in [5.74, 6) is -0.350. The summed E-state index contributed by atoms with van der Waals surface area (Å²) in [6, 6.07) is 8.40. The third-order valence-corrected chi connectivity index (χ3v) is 4.64. The topological polar surface area (TPSA) is 102 Å². The number of carbonyl (C=O) groups excluding carboxylic acids is 2. The second kappa shape index (κ2) is 8.33. The maximum atomic E-state index is 12.4. The van der Waals surface area contributed by atoms with Crippen molar-refractivity contribution in [2.75, 3.05) is 10.6 Å². The molecule has 0 bridgehead atoms. The summed E-state index contributed by atoms with van der Waals surface area (Å²) in [6.07, 6.45) is 6.73. The lowest BCUT2D eigenvalue weighted by molar-refractivity contribution is -0.121. The Kier molecular flexibility index (Phi) is 6.39. The van der Waals surface area contributed by atoms with E-state index >= 15 is 0 Å². The Balaban J connectivity index is 0.00000243. The molecule has 7 nitrogen and oxygen atoms in total. The number of carbonyl (C=O) groups is 2. The van der Waals surface area contributed by atoms with Crippen LogP contribution in [-0.4, -0.2) is 27.1 Å². The lowest BCUT2D eigenvalue weighted by atomic mass is 9.98. The molecule has 1 aromatic heterocycles. The Labute approximate surface area is 158 Å².